The topological polar surface area (TPSA) is 53.3 Å². The summed E-state index contributed by atoms with van der Waals surface area (Å²) in [5.41, 5.74) is 1.62. The number of H-pyrrole nitrogens is 1. The molecule has 52 valence electrons. The van der Waals surface area contributed by atoms with E-state index < -0.39 is 0 Å². The van der Waals surface area contributed by atoms with E-state index in [1.165, 1.54) is 0 Å². The van der Waals surface area contributed by atoms with Crippen molar-refractivity contribution >= 4 is 5.65 Å². The Kier molecular flexibility index (Phi) is 1.01. The standard InChI is InChI=1S/C6H7N3O/c10-4-5-3-8-9-2-1-7-6(5)9/h1-3,8,10H,4H2. The average Bonchev–Trinajstić information content (AvgIpc) is 2.44. The van der Waals surface area contributed by atoms with Gasteiger partial charge in [-0.05, 0) is 0 Å². The quantitative estimate of drug-likeness (QED) is 0.588. The Balaban J connectivity index is 2.76. The van der Waals surface area contributed by atoms with E-state index in [2.05, 4.69) is 10.1 Å². The fraction of sp³-hybridized carbons (Fsp3) is 0.167. The zero-order valence-corrected chi connectivity index (χ0v) is 5.28. The molecule has 4 heteroatoms. The van der Waals surface area contributed by atoms with Crippen molar-refractivity contribution in [3.63, 3.8) is 0 Å². The first-order chi connectivity index (χ1) is 4.92. The number of hydrogen-bond acceptors (Lipinski definition) is 2. The third-order valence-corrected chi connectivity index (χ3v) is 1.48. The van der Waals surface area contributed by atoms with Crippen LogP contribution in [0.5, 0.6) is 0 Å². The summed E-state index contributed by atoms with van der Waals surface area (Å²) in [4.78, 5) is 4.02. The molecular formula is C6H7N3O. The van der Waals surface area contributed by atoms with E-state index in [0.717, 1.165) is 11.2 Å². The maximum atomic E-state index is 8.77. The second kappa shape index (κ2) is 1.85. The van der Waals surface area contributed by atoms with Gasteiger partial charge in [0.05, 0.1) is 6.61 Å². The van der Waals surface area contributed by atoms with Crippen molar-refractivity contribution in [1.29, 1.82) is 0 Å². The smallest absolute Gasteiger partial charge is 0.158 e. The molecular weight excluding hydrogens is 130 g/mol. The number of nitrogens with one attached hydrogen (secondary N) is 1. The largest absolute Gasteiger partial charge is 0.391 e. The van der Waals surface area contributed by atoms with E-state index in [0.29, 0.717) is 0 Å². The maximum absolute atomic E-state index is 8.77. The van der Waals surface area contributed by atoms with Crippen molar-refractivity contribution in [2.24, 2.45) is 0 Å². The number of rotatable bonds is 1. The van der Waals surface area contributed by atoms with Gasteiger partial charge in [0.15, 0.2) is 5.65 Å². The van der Waals surface area contributed by atoms with Gasteiger partial charge in [-0.3, -0.25) is 5.10 Å². The number of fused-ring (bicyclic) bond motifs is 1. The van der Waals surface area contributed by atoms with E-state index >= 15 is 0 Å². The van der Waals surface area contributed by atoms with Gasteiger partial charge >= 0.3 is 0 Å². The molecule has 0 spiro atoms. The van der Waals surface area contributed by atoms with Crippen LogP contribution in [-0.2, 0) is 6.61 Å². The van der Waals surface area contributed by atoms with Crippen LogP contribution in [0.2, 0.25) is 0 Å². The van der Waals surface area contributed by atoms with Gasteiger partial charge in [0.1, 0.15) is 0 Å². The van der Waals surface area contributed by atoms with Crippen LogP contribution in [0, 0.1) is 0 Å². The lowest BCUT2D eigenvalue weighted by Crippen LogP contribution is -1.80. The molecule has 10 heavy (non-hydrogen) atoms. The van der Waals surface area contributed by atoms with Gasteiger partial charge in [0.25, 0.3) is 0 Å². The zero-order valence-electron chi connectivity index (χ0n) is 5.28. The van der Waals surface area contributed by atoms with Crippen LogP contribution in [0.15, 0.2) is 18.6 Å². The Morgan fingerprint density at radius 1 is 1.70 bits per heavy atom. The summed E-state index contributed by atoms with van der Waals surface area (Å²) >= 11 is 0. The molecule has 2 aromatic rings. The van der Waals surface area contributed by atoms with E-state index in [1.54, 1.807) is 23.1 Å². The molecule has 0 aliphatic carbocycles. The first-order valence-electron chi connectivity index (χ1n) is 3.02. The highest BCUT2D eigenvalue weighted by molar-refractivity contribution is 5.45. The molecule has 0 radical (unpaired) electrons. The van der Waals surface area contributed by atoms with E-state index in [1.807, 2.05) is 0 Å². The zero-order chi connectivity index (χ0) is 6.97. The van der Waals surface area contributed by atoms with Gasteiger partial charge in [-0.2, -0.15) is 0 Å². The maximum Gasteiger partial charge on any atom is 0.158 e. The summed E-state index contributed by atoms with van der Waals surface area (Å²) in [7, 11) is 0. The molecule has 0 fully saturated rings. The van der Waals surface area contributed by atoms with E-state index in [4.69, 9.17) is 5.11 Å². The molecule has 0 unspecified atom stereocenters. The molecule has 2 aromatic heterocycles. The van der Waals surface area contributed by atoms with Crippen LogP contribution in [0.4, 0.5) is 0 Å². The summed E-state index contributed by atoms with van der Waals surface area (Å²) in [6.07, 6.45) is 5.22. The summed E-state index contributed by atoms with van der Waals surface area (Å²) in [6, 6.07) is 0. The summed E-state index contributed by atoms with van der Waals surface area (Å²) < 4.78 is 1.76. The van der Waals surface area contributed by atoms with Crippen molar-refractivity contribution in [3.05, 3.63) is 24.2 Å². The minimum Gasteiger partial charge on any atom is -0.391 e. The molecule has 0 amide bonds. The Morgan fingerprint density at radius 2 is 2.60 bits per heavy atom. The lowest BCUT2D eigenvalue weighted by Gasteiger charge is -1.83. The highest BCUT2D eigenvalue weighted by Gasteiger charge is 2.00. The molecule has 0 saturated heterocycles. The molecule has 0 bridgehead atoms. The van der Waals surface area contributed by atoms with Gasteiger partial charge in [0.2, 0.25) is 0 Å². The number of aromatic amines is 1. The minimum atomic E-state index is 0.0318. The predicted octanol–water partition coefficient (Wildman–Crippen LogP) is 0.155. The van der Waals surface area contributed by atoms with Crippen LogP contribution >= 0.6 is 0 Å². The molecule has 2 rings (SSSR count). The monoisotopic (exact) mass is 137 g/mol. The van der Waals surface area contributed by atoms with E-state index in [9.17, 15) is 0 Å². The number of nitrogens with zero attached hydrogens (tertiary/aromatic N) is 2. The average molecular weight is 137 g/mol. The predicted molar refractivity (Wildman–Crippen MR) is 35.5 cm³/mol. The number of imidazole rings is 1. The first-order valence-corrected chi connectivity index (χ1v) is 3.02. The summed E-state index contributed by atoms with van der Waals surface area (Å²) in [5, 5.41) is 11.7. The van der Waals surface area contributed by atoms with Crippen LogP contribution in [0.1, 0.15) is 5.56 Å². The van der Waals surface area contributed by atoms with Gasteiger partial charge in [-0.1, -0.05) is 0 Å². The molecule has 0 aromatic carbocycles. The highest BCUT2D eigenvalue weighted by Crippen LogP contribution is 2.05. The fourth-order valence-electron chi connectivity index (χ4n) is 0.974. The fourth-order valence-corrected chi connectivity index (χ4v) is 0.974. The van der Waals surface area contributed by atoms with Crippen molar-refractivity contribution < 1.29 is 5.11 Å². The summed E-state index contributed by atoms with van der Waals surface area (Å²) in [5.74, 6) is 0. The number of hydrogen-bond donors (Lipinski definition) is 2. The molecule has 0 atom stereocenters. The third-order valence-electron chi connectivity index (χ3n) is 1.48. The molecule has 4 nitrogen and oxygen atoms in total. The van der Waals surface area contributed by atoms with Crippen LogP contribution in [0.3, 0.4) is 0 Å². The molecule has 2 N–H and O–H groups in total. The van der Waals surface area contributed by atoms with Crippen LogP contribution in [0.25, 0.3) is 5.65 Å². The third kappa shape index (κ3) is 0.563. The summed E-state index contributed by atoms with van der Waals surface area (Å²) in [6.45, 7) is 0.0318. The van der Waals surface area contributed by atoms with Gasteiger partial charge in [0, 0.05) is 24.2 Å². The number of aromatic nitrogens is 3. The van der Waals surface area contributed by atoms with Gasteiger partial charge < -0.3 is 5.11 Å². The number of aliphatic hydroxyl groups excluding tert-OH is 1. The number of aliphatic hydroxyl groups is 1. The van der Waals surface area contributed by atoms with Gasteiger partial charge in [-0.25, -0.2) is 9.50 Å². The highest BCUT2D eigenvalue weighted by atomic mass is 16.3. The second-order valence-corrected chi connectivity index (χ2v) is 2.08. The van der Waals surface area contributed by atoms with Gasteiger partial charge in [-0.15, -0.1) is 0 Å². The Hall–Kier alpha value is -1.29. The second-order valence-electron chi connectivity index (χ2n) is 2.08. The van der Waals surface area contributed by atoms with Crippen molar-refractivity contribution in [1.82, 2.24) is 14.6 Å². The van der Waals surface area contributed by atoms with Crippen LogP contribution in [-0.4, -0.2) is 19.7 Å². The van der Waals surface area contributed by atoms with Crippen molar-refractivity contribution in [2.75, 3.05) is 0 Å². The SMILES string of the molecule is OCc1c[nH]n2ccnc12. The normalized spacial score (nSPS) is 10.9. The lowest BCUT2D eigenvalue weighted by molar-refractivity contribution is 0.283. The van der Waals surface area contributed by atoms with Crippen molar-refractivity contribution in [3.8, 4) is 0 Å². The van der Waals surface area contributed by atoms with Crippen LogP contribution < -0.4 is 0 Å². The molecule has 0 aliphatic heterocycles. The molecule has 2 heterocycles. The Labute approximate surface area is 57.1 Å². The first kappa shape index (κ1) is 5.49. The lowest BCUT2D eigenvalue weighted by atomic mass is 10.4. The van der Waals surface area contributed by atoms with E-state index in [-0.39, 0.29) is 6.61 Å². The Morgan fingerprint density at radius 3 is 3.40 bits per heavy atom. The van der Waals surface area contributed by atoms with Crippen molar-refractivity contribution in [2.45, 2.75) is 6.61 Å². The molecule has 0 aliphatic rings. The Bertz CT molecular complexity index is 335. The minimum absolute atomic E-state index is 0.0318. The molecule has 0 saturated carbocycles.